The first-order valence-corrected chi connectivity index (χ1v) is 7.44. The molecule has 0 heterocycles. The number of carbonyl (C=O) groups is 2. The predicted molar refractivity (Wildman–Crippen MR) is 89.2 cm³/mol. The van der Waals surface area contributed by atoms with Crippen LogP contribution in [0, 0.1) is 6.92 Å². The molecule has 2 aromatic carbocycles. The molecule has 0 aliphatic heterocycles. The van der Waals surface area contributed by atoms with E-state index in [-0.39, 0.29) is 6.54 Å². The van der Waals surface area contributed by atoms with Gasteiger partial charge in [0.25, 0.3) is 0 Å². The van der Waals surface area contributed by atoms with Gasteiger partial charge < -0.3 is 15.7 Å². The van der Waals surface area contributed by atoms with E-state index in [1.807, 2.05) is 6.07 Å². The molecule has 0 aliphatic carbocycles. The summed E-state index contributed by atoms with van der Waals surface area (Å²) in [4.78, 5) is 23.7. The summed E-state index contributed by atoms with van der Waals surface area (Å²) in [5, 5.41) is 15.4. The maximum Gasteiger partial charge on any atom is 0.313 e. The van der Waals surface area contributed by atoms with Crippen LogP contribution in [0.2, 0.25) is 5.02 Å². The lowest BCUT2D eigenvalue weighted by Gasteiger charge is -2.13. The third-order valence-corrected chi connectivity index (χ3v) is 3.77. The zero-order valence-electron chi connectivity index (χ0n) is 12.5. The third kappa shape index (κ3) is 4.55. The zero-order valence-corrected chi connectivity index (χ0v) is 13.3. The second-order valence-electron chi connectivity index (χ2n) is 5.00. The van der Waals surface area contributed by atoms with Gasteiger partial charge in [0.15, 0.2) is 0 Å². The average Bonchev–Trinajstić information content (AvgIpc) is 2.57. The van der Waals surface area contributed by atoms with Gasteiger partial charge in [0.2, 0.25) is 0 Å². The summed E-state index contributed by atoms with van der Waals surface area (Å²) in [7, 11) is 0. The molecule has 0 fully saturated rings. The highest BCUT2D eigenvalue weighted by molar-refractivity contribution is 6.40. The second kappa shape index (κ2) is 7.76. The lowest BCUT2D eigenvalue weighted by Crippen LogP contribution is -2.37. The van der Waals surface area contributed by atoms with Crippen molar-refractivity contribution in [3.8, 4) is 0 Å². The van der Waals surface area contributed by atoms with Gasteiger partial charge in [-0.25, -0.2) is 0 Å². The molecule has 0 saturated carbocycles. The van der Waals surface area contributed by atoms with Crippen LogP contribution in [-0.4, -0.2) is 23.5 Å². The number of benzene rings is 2. The molecule has 0 saturated heterocycles. The van der Waals surface area contributed by atoms with E-state index in [2.05, 4.69) is 10.6 Å². The van der Waals surface area contributed by atoms with E-state index in [1.165, 1.54) is 0 Å². The van der Waals surface area contributed by atoms with Crippen LogP contribution in [0.25, 0.3) is 0 Å². The first-order valence-electron chi connectivity index (χ1n) is 7.06. The van der Waals surface area contributed by atoms with E-state index in [4.69, 9.17) is 11.6 Å². The molecule has 1 unspecified atom stereocenters. The van der Waals surface area contributed by atoms with E-state index in [0.717, 1.165) is 0 Å². The van der Waals surface area contributed by atoms with Crippen molar-refractivity contribution in [3.63, 3.8) is 0 Å². The Hall–Kier alpha value is -2.37. The topological polar surface area (TPSA) is 78.4 Å². The van der Waals surface area contributed by atoms with Gasteiger partial charge in [0.05, 0.1) is 6.10 Å². The highest BCUT2D eigenvalue weighted by Crippen LogP contribution is 2.22. The van der Waals surface area contributed by atoms with Crippen LogP contribution < -0.4 is 10.6 Å². The molecule has 3 N–H and O–H groups in total. The molecule has 0 bridgehead atoms. The number of hydrogen-bond donors (Lipinski definition) is 3. The summed E-state index contributed by atoms with van der Waals surface area (Å²) in [5.74, 6) is -1.63. The van der Waals surface area contributed by atoms with Gasteiger partial charge in [-0.1, -0.05) is 48.0 Å². The van der Waals surface area contributed by atoms with Crippen LogP contribution in [0.5, 0.6) is 0 Å². The highest BCUT2D eigenvalue weighted by atomic mass is 35.5. The van der Waals surface area contributed by atoms with E-state index in [9.17, 15) is 14.7 Å². The Kier molecular flexibility index (Phi) is 5.73. The first kappa shape index (κ1) is 17.0. The van der Waals surface area contributed by atoms with Crippen molar-refractivity contribution in [2.24, 2.45) is 0 Å². The summed E-state index contributed by atoms with van der Waals surface area (Å²) in [6.45, 7) is 1.69. The van der Waals surface area contributed by atoms with Gasteiger partial charge in [-0.2, -0.15) is 0 Å². The van der Waals surface area contributed by atoms with Crippen molar-refractivity contribution in [2.45, 2.75) is 13.0 Å². The normalized spacial score (nSPS) is 11.6. The number of anilines is 1. The standard InChI is InChI=1S/C17H17ClN2O3/c1-11-13(18)8-5-9-14(11)20-17(23)16(22)19-10-15(21)12-6-3-2-4-7-12/h2-9,15,21H,10H2,1H3,(H,19,22)(H,20,23). The molecule has 6 heteroatoms. The maximum absolute atomic E-state index is 11.9. The van der Waals surface area contributed by atoms with Crippen molar-refractivity contribution in [2.75, 3.05) is 11.9 Å². The third-order valence-electron chi connectivity index (χ3n) is 3.36. The fourth-order valence-electron chi connectivity index (χ4n) is 1.98. The first-order chi connectivity index (χ1) is 11.0. The smallest absolute Gasteiger partial charge is 0.313 e. The molecule has 0 spiro atoms. The monoisotopic (exact) mass is 332 g/mol. The molecule has 23 heavy (non-hydrogen) atoms. The van der Waals surface area contributed by atoms with Crippen LogP contribution in [0.15, 0.2) is 48.5 Å². The van der Waals surface area contributed by atoms with Gasteiger partial charge in [0, 0.05) is 17.3 Å². The Bertz CT molecular complexity index is 704. The summed E-state index contributed by atoms with van der Waals surface area (Å²) in [5.41, 5.74) is 1.82. The predicted octanol–water partition coefficient (Wildman–Crippen LogP) is 2.44. The fraction of sp³-hybridized carbons (Fsp3) is 0.176. The van der Waals surface area contributed by atoms with Crippen LogP contribution in [-0.2, 0) is 9.59 Å². The SMILES string of the molecule is Cc1c(Cl)cccc1NC(=O)C(=O)NCC(O)c1ccccc1. The summed E-state index contributed by atoms with van der Waals surface area (Å²) in [6, 6.07) is 13.9. The maximum atomic E-state index is 11.9. The summed E-state index contributed by atoms with van der Waals surface area (Å²) >= 11 is 5.96. The molecule has 5 nitrogen and oxygen atoms in total. The molecular weight excluding hydrogens is 316 g/mol. The molecule has 2 aromatic rings. The number of halogens is 1. The molecule has 1 atom stereocenters. The average molecular weight is 333 g/mol. The Labute approximate surface area is 139 Å². The van der Waals surface area contributed by atoms with Gasteiger partial charge in [-0.3, -0.25) is 9.59 Å². The van der Waals surface area contributed by atoms with Gasteiger partial charge >= 0.3 is 11.8 Å². The van der Waals surface area contributed by atoms with E-state index >= 15 is 0 Å². The van der Waals surface area contributed by atoms with Crippen LogP contribution >= 0.6 is 11.6 Å². The minimum absolute atomic E-state index is 0.0508. The fourth-order valence-corrected chi connectivity index (χ4v) is 2.16. The van der Waals surface area contributed by atoms with Crippen LogP contribution in [0.4, 0.5) is 5.69 Å². The van der Waals surface area contributed by atoms with Crippen molar-refractivity contribution < 1.29 is 14.7 Å². The minimum atomic E-state index is -0.874. The summed E-state index contributed by atoms with van der Waals surface area (Å²) in [6.07, 6.45) is -0.874. The molecule has 0 aliphatic rings. The minimum Gasteiger partial charge on any atom is -0.387 e. The van der Waals surface area contributed by atoms with Crippen molar-refractivity contribution in [1.82, 2.24) is 5.32 Å². The summed E-state index contributed by atoms with van der Waals surface area (Å²) < 4.78 is 0. The van der Waals surface area contributed by atoms with E-state index in [0.29, 0.717) is 21.8 Å². The molecule has 2 amide bonds. The lowest BCUT2D eigenvalue weighted by atomic mass is 10.1. The molecular formula is C17H17ClN2O3. The zero-order chi connectivity index (χ0) is 16.8. The largest absolute Gasteiger partial charge is 0.387 e. The lowest BCUT2D eigenvalue weighted by molar-refractivity contribution is -0.136. The highest BCUT2D eigenvalue weighted by Gasteiger charge is 2.17. The Morgan fingerprint density at radius 2 is 1.78 bits per heavy atom. The van der Waals surface area contributed by atoms with E-state index < -0.39 is 17.9 Å². The second-order valence-corrected chi connectivity index (χ2v) is 5.41. The number of aliphatic hydroxyl groups is 1. The van der Waals surface area contributed by atoms with Gasteiger partial charge in [-0.15, -0.1) is 0 Å². The Balaban J connectivity index is 1.90. The van der Waals surface area contributed by atoms with Gasteiger partial charge in [-0.05, 0) is 30.2 Å². The van der Waals surface area contributed by atoms with E-state index in [1.54, 1.807) is 49.4 Å². The number of amides is 2. The van der Waals surface area contributed by atoms with Gasteiger partial charge in [0.1, 0.15) is 0 Å². The van der Waals surface area contributed by atoms with Crippen molar-refractivity contribution >= 4 is 29.1 Å². The molecule has 120 valence electrons. The number of rotatable bonds is 4. The van der Waals surface area contributed by atoms with Crippen LogP contribution in [0.3, 0.4) is 0 Å². The van der Waals surface area contributed by atoms with Crippen LogP contribution in [0.1, 0.15) is 17.2 Å². The quantitative estimate of drug-likeness (QED) is 0.752. The number of aliphatic hydroxyl groups excluding tert-OH is 1. The molecule has 0 aromatic heterocycles. The molecule has 2 rings (SSSR count). The number of carbonyl (C=O) groups excluding carboxylic acids is 2. The number of nitrogens with one attached hydrogen (secondary N) is 2. The Morgan fingerprint density at radius 3 is 2.48 bits per heavy atom. The molecule has 0 radical (unpaired) electrons. The Morgan fingerprint density at radius 1 is 1.09 bits per heavy atom. The number of hydrogen-bond acceptors (Lipinski definition) is 3. The van der Waals surface area contributed by atoms with Crippen molar-refractivity contribution in [1.29, 1.82) is 0 Å². The van der Waals surface area contributed by atoms with Crippen molar-refractivity contribution in [3.05, 3.63) is 64.7 Å².